The number of hydrogen-bond donors (Lipinski definition) is 1. The van der Waals surface area contributed by atoms with Crippen molar-refractivity contribution in [2.75, 3.05) is 6.61 Å². The number of aliphatic hydroxyl groups is 1. The maximum Gasteiger partial charge on any atom is 0.104 e. The first kappa shape index (κ1) is 20.2. The van der Waals surface area contributed by atoms with Gasteiger partial charge in [-0.3, -0.25) is 0 Å². The van der Waals surface area contributed by atoms with Crippen LogP contribution < -0.4 is 0 Å². The highest BCUT2D eigenvalue weighted by Crippen LogP contribution is 1.99. The molecule has 0 aromatic heterocycles. The van der Waals surface area contributed by atoms with Gasteiger partial charge in [-0.2, -0.15) is 0 Å². The van der Waals surface area contributed by atoms with Crippen LogP contribution in [-0.2, 0) is 0 Å². The number of rotatable bonds is 7. The lowest BCUT2D eigenvalue weighted by Crippen LogP contribution is -1.72. The molecule has 0 saturated carbocycles. The lowest BCUT2D eigenvalue weighted by Gasteiger charge is -1.89. The molecule has 0 bridgehead atoms. The van der Waals surface area contributed by atoms with E-state index in [1.165, 1.54) is 0 Å². The van der Waals surface area contributed by atoms with Crippen LogP contribution in [0.1, 0.15) is 44.9 Å². The Balaban J connectivity index is 3.63. The summed E-state index contributed by atoms with van der Waals surface area (Å²) in [5.74, 6) is 24.8. The molecule has 0 heterocycles. The number of allylic oxidation sites excluding steroid dienone is 4. The minimum atomic E-state index is -0.0960. The molecule has 1 N–H and O–H groups in total. The molecule has 0 spiro atoms. The fourth-order valence-electron chi connectivity index (χ4n) is 1.46. The number of unbranched alkanes of at least 4 members (excludes halogenated alkanes) is 5. The van der Waals surface area contributed by atoms with Gasteiger partial charge in [0, 0.05) is 12.8 Å². The predicted octanol–water partition coefficient (Wildman–Crippen LogP) is 3.47. The van der Waals surface area contributed by atoms with Crippen molar-refractivity contribution in [1.82, 2.24) is 0 Å². The summed E-state index contributed by atoms with van der Waals surface area (Å²) in [6.45, 7) is -0.0960. The Morgan fingerprint density at radius 3 is 2.09 bits per heavy atom. The van der Waals surface area contributed by atoms with E-state index >= 15 is 0 Å². The molecule has 0 atom stereocenters. The van der Waals surface area contributed by atoms with Crippen molar-refractivity contribution >= 4 is 0 Å². The molecular formula is C22H22O. The smallest absolute Gasteiger partial charge is 0.104 e. The number of terminal acetylenes is 1. The molecule has 0 fully saturated rings. The summed E-state index contributed by atoms with van der Waals surface area (Å²) in [6, 6.07) is 0. The molecule has 0 aromatic rings. The highest BCUT2D eigenvalue weighted by Gasteiger charge is 1.82. The molecule has 1 heteroatoms. The minimum absolute atomic E-state index is 0.0960. The van der Waals surface area contributed by atoms with Crippen molar-refractivity contribution < 1.29 is 5.11 Å². The van der Waals surface area contributed by atoms with Crippen LogP contribution in [0.15, 0.2) is 24.3 Å². The molecule has 0 aromatic carbocycles. The van der Waals surface area contributed by atoms with E-state index in [1.807, 2.05) is 12.2 Å². The zero-order valence-corrected chi connectivity index (χ0v) is 13.5. The van der Waals surface area contributed by atoms with E-state index < -0.39 is 0 Å². The normalized spacial score (nSPS) is 8.70. The molecule has 0 saturated heterocycles. The lowest BCUT2D eigenvalue weighted by atomic mass is 10.2. The zero-order chi connectivity index (χ0) is 16.8. The fraction of sp³-hybridized carbons (Fsp3) is 0.364. The van der Waals surface area contributed by atoms with Crippen LogP contribution in [0.25, 0.3) is 0 Å². The maximum absolute atomic E-state index is 8.45. The fourth-order valence-corrected chi connectivity index (χ4v) is 1.46. The molecule has 0 aliphatic rings. The van der Waals surface area contributed by atoms with Crippen LogP contribution in [-0.4, -0.2) is 11.7 Å². The molecule has 0 unspecified atom stereocenters. The highest BCUT2D eigenvalue weighted by atomic mass is 16.2. The molecule has 1 nitrogen and oxygen atoms in total. The van der Waals surface area contributed by atoms with Crippen molar-refractivity contribution in [2.24, 2.45) is 0 Å². The first-order valence-electron chi connectivity index (χ1n) is 7.73. The van der Waals surface area contributed by atoms with Crippen LogP contribution in [0.5, 0.6) is 0 Å². The summed E-state index contributed by atoms with van der Waals surface area (Å²) in [7, 11) is 0. The van der Waals surface area contributed by atoms with Gasteiger partial charge in [-0.05, 0) is 67.9 Å². The standard InChI is InChI=1S/C22H22O/c1-2-3-4-5-6-7-8-9-10-11-12-13-14-15-16-17-18-19-20-21-22-23/h1,3-4,18-19,23H,5-8,15-17,22H2. The number of hydrogen-bond acceptors (Lipinski definition) is 1. The summed E-state index contributed by atoms with van der Waals surface area (Å²) in [5, 5.41) is 8.45. The molecule has 0 rings (SSSR count). The van der Waals surface area contributed by atoms with E-state index in [1.54, 1.807) is 12.2 Å². The topological polar surface area (TPSA) is 20.2 Å². The third-order valence-electron chi connectivity index (χ3n) is 2.56. The van der Waals surface area contributed by atoms with Gasteiger partial charge in [0.25, 0.3) is 0 Å². The van der Waals surface area contributed by atoms with Gasteiger partial charge in [-0.15, -0.1) is 6.42 Å². The van der Waals surface area contributed by atoms with E-state index in [9.17, 15) is 0 Å². The SMILES string of the molecule is C#CC=CCCCCC#CC#CC#CCCCC=CC#CCO. The Kier molecular flexibility index (Phi) is 16.9. The van der Waals surface area contributed by atoms with Crippen molar-refractivity contribution in [1.29, 1.82) is 0 Å². The first-order chi connectivity index (χ1) is 11.4. The highest BCUT2D eigenvalue weighted by molar-refractivity contribution is 5.35. The van der Waals surface area contributed by atoms with E-state index in [-0.39, 0.29) is 6.61 Å². The van der Waals surface area contributed by atoms with E-state index in [0.29, 0.717) is 0 Å². The van der Waals surface area contributed by atoms with Crippen LogP contribution in [0.3, 0.4) is 0 Å². The zero-order valence-electron chi connectivity index (χ0n) is 13.5. The molecule has 23 heavy (non-hydrogen) atoms. The van der Waals surface area contributed by atoms with E-state index in [0.717, 1.165) is 44.9 Å². The van der Waals surface area contributed by atoms with Gasteiger partial charge in [-0.25, -0.2) is 0 Å². The largest absolute Gasteiger partial charge is 0.384 e. The summed E-state index contributed by atoms with van der Waals surface area (Å²) >= 11 is 0. The summed E-state index contributed by atoms with van der Waals surface area (Å²) in [6.07, 6.45) is 19.3. The number of aliphatic hydroxyl groups excluding tert-OH is 1. The van der Waals surface area contributed by atoms with Gasteiger partial charge in [-0.1, -0.05) is 41.8 Å². The molecule has 0 radical (unpaired) electrons. The average Bonchev–Trinajstić information content (AvgIpc) is 2.57. The Morgan fingerprint density at radius 1 is 0.739 bits per heavy atom. The molecule has 0 aliphatic carbocycles. The van der Waals surface area contributed by atoms with Crippen molar-refractivity contribution in [3.05, 3.63) is 24.3 Å². The Hall–Kier alpha value is -2.76. The summed E-state index contributed by atoms with van der Waals surface area (Å²) in [4.78, 5) is 0. The first-order valence-corrected chi connectivity index (χ1v) is 7.73. The monoisotopic (exact) mass is 302 g/mol. The second-order valence-electron chi connectivity index (χ2n) is 4.44. The lowest BCUT2D eigenvalue weighted by molar-refractivity contribution is 0.350. The third-order valence-corrected chi connectivity index (χ3v) is 2.56. The second-order valence-corrected chi connectivity index (χ2v) is 4.44. The van der Waals surface area contributed by atoms with Gasteiger partial charge < -0.3 is 5.11 Å². The van der Waals surface area contributed by atoms with Crippen LogP contribution in [0.2, 0.25) is 0 Å². The van der Waals surface area contributed by atoms with E-state index in [4.69, 9.17) is 11.5 Å². The van der Waals surface area contributed by atoms with Crippen molar-refractivity contribution in [2.45, 2.75) is 44.9 Å². The molecule has 0 amide bonds. The summed E-state index contributed by atoms with van der Waals surface area (Å²) < 4.78 is 0. The minimum Gasteiger partial charge on any atom is -0.384 e. The van der Waals surface area contributed by atoms with Gasteiger partial charge in [0.15, 0.2) is 0 Å². The molecule has 116 valence electrons. The summed E-state index contributed by atoms with van der Waals surface area (Å²) in [5.41, 5.74) is 0. The third kappa shape index (κ3) is 19.2. The van der Waals surface area contributed by atoms with Gasteiger partial charge >= 0.3 is 0 Å². The Labute approximate surface area is 141 Å². The quantitative estimate of drug-likeness (QED) is 0.564. The van der Waals surface area contributed by atoms with E-state index in [2.05, 4.69) is 53.3 Å². The Morgan fingerprint density at radius 2 is 1.39 bits per heavy atom. The maximum atomic E-state index is 8.45. The van der Waals surface area contributed by atoms with Crippen molar-refractivity contribution in [3.63, 3.8) is 0 Å². The average molecular weight is 302 g/mol. The van der Waals surface area contributed by atoms with Crippen LogP contribution >= 0.6 is 0 Å². The molecular weight excluding hydrogens is 280 g/mol. The van der Waals surface area contributed by atoms with Gasteiger partial charge in [0.2, 0.25) is 0 Å². The van der Waals surface area contributed by atoms with Gasteiger partial charge in [0.1, 0.15) is 6.61 Å². The second kappa shape index (κ2) is 19.2. The predicted molar refractivity (Wildman–Crippen MR) is 97.6 cm³/mol. The molecule has 0 aliphatic heterocycles. The van der Waals surface area contributed by atoms with Gasteiger partial charge in [0.05, 0.1) is 0 Å². The van der Waals surface area contributed by atoms with Crippen molar-refractivity contribution in [3.8, 4) is 59.7 Å². The van der Waals surface area contributed by atoms with Crippen LogP contribution in [0.4, 0.5) is 0 Å². The Bertz CT molecular complexity index is 640. The van der Waals surface area contributed by atoms with Crippen LogP contribution in [0, 0.1) is 59.7 Å².